The molecule has 3 heterocycles. The van der Waals surface area contributed by atoms with Crippen molar-refractivity contribution < 1.29 is 8.42 Å². The average Bonchev–Trinajstić information content (AvgIpc) is 3.02. The Morgan fingerprint density at radius 1 is 1.14 bits per heavy atom. The summed E-state index contributed by atoms with van der Waals surface area (Å²) in [6, 6.07) is 5.23. The third-order valence-electron chi connectivity index (χ3n) is 4.44. The summed E-state index contributed by atoms with van der Waals surface area (Å²) in [6.45, 7) is 7.81. The van der Waals surface area contributed by atoms with Crippen LogP contribution in [0.3, 0.4) is 0 Å². The molecule has 0 fully saturated rings. The van der Waals surface area contributed by atoms with Gasteiger partial charge in [0.05, 0.1) is 4.90 Å². The molecule has 3 aromatic heterocycles. The number of nitrogens with one attached hydrogen (secondary N) is 3. The van der Waals surface area contributed by atoms with E-state index in [0.717, 1.165) is 9.75 Å². The summed E-state index contributed by atoms with van der Waals surface area (Å²) >= 11 is 1.46. The van der Waals surface area contributed by atoms with E-state index in [4.69, 9.17) is 0 Å². The van der Waals surface area contributed by atoms with Gasteiger partial charge in [-0.3, -0.25) is 4.79 Å². The first-order valence-corrected chi connectivity index (χ1v) is 11.3. The van der Waals surface area contributed by atoms with Crippen molar-refractivity contribution in [1.82, 2.24) is 19.7 Å². The van der Waals surface area contributed by atoms with Crippen molar-refractivity contribution in [2.24, 2.45) is 0 Å². The maximum absolute atomic E-state index is 12.4. The highest BCUT2D eigenvalue weighted by Gasteiger charge is 2.18. The van der Waals surface area contributed by atoms with Gasteiger partial charge in [-0.25, -0.2) is 23.1 Å². The first-order chi connectivity index (χ1) is 13.7. The molecule has 0 aliphatic carbocycles. The summed E-state index contributed by atoms with van der Waals surface area (Å²) in [5.74, 6) is 1.06. The molecule has 3 aromatic rings. The zero-order valence-corrected chi connectivity index (χ0v) is 18.3. The van der Waals surface area contributed by atoms with E-state index >= 15 is 0 Å². The van der Waals surface area contributed by atoms with E-state index in [1.807, 2.05) is 6.92 Å². The minimum absolute atomic E-state index is 0.168. The lowest BCUT2D eigenvalue weighted by molar-refractivity contribution is 0.582. The maximum atomic E-state index is 12.4. The molecule has 3 rings (SSSR count). The van der Waals surface area contributed by atoms with Crippen molar-refractivity contribution in [3.05, 3.63) is 55.8 Å². The van der Waals surface area contributed by atoms with Crippen LogP contribution in [0.4, 0.5) is 5.82 Å². The van der Waals surface area contributed by atoms with Crippen LogP contribution in [0.1, 0.15) is 21.0 Å². The second-order valence-electron chi connectivity index (χ2n) is 6.66. The summed E-state index contributed by atoms with van der Waals surface area (Å²) in [5.41, 5.74) is 1.79. The van der Waals surface area contributed by atoms with Crippen molar-refractivity contribution in [2.45, 2.75) is 32.6 Å². The minimum Gasteiger partial charge on any atom is -0.369 e. The standard InChI is InChI=1S/C19H23N5O3S2/c1-11-9-16(14(4)28-11)29(26,27)22-8-7-20-17-6-5-15(10-21-17)18-23-13(3)12(2)19(25)24-18/h5-6,9-10,22H,7-8H2,1-4H3,(H,20,21)(H,23,24,25). The quantitative estimate of drug-likeness (QED) is 0.493. The Morgan fingerprint density at radius 3 is 2.48 bits per heavy atom. The molecule has 29 heavy (non-hydrogen) atoms. The van der Waals surface area contributed by atoms with Crippen molar-refractivity contribution >= 4 is 27.2 Å². The van der Waals surface area contributed by atoms with Crippen molar-refractivity contribution in [1.29, 1.82) is 0 Å². The van der Waals surface area contributed by atoms with Gasteiger partial charge in [-0.15, -0.1) is 11.3 Å². The number of pyridine rings is 1. The predicted molar refractivity (Wildman–Crippen MR) is 115 cm³/mol. The van der Waals surface area contributed by atoms with Crippen LogP contribution in [0.15, 0.2) is 34.1 Å². The summed E-state index contributed by atoms with van der Waals surface area (Å²) in [6.07, 6.45) is 1.61. The Balaban J connectivity index is 1.58. The normalized spacial score (nSPS) is 11.6. The van der Waals surface area contributed by atoms with E-state index in [-0.39, 0.29) is 12.1 Å². The fraction of sp³-hybridized carbons (Fsp3) is 0.316. The summed E-state index contributed by atoms with van der Waals surface area (Å²) in [4.78, 5) is 25.4. The van der Waals surface area contributed by atoms with Crippen LogP contribution in [-0.4, -0.2) is 36.5 Å². The van der Waals surface area contributed by atoms with Gasteiger partial charge in [0.1, 0.15) is 11.6 Å². The van der Waals surface area contributed by atoms with Crippen LogP contribution in [0.25, 0.3) is 11.4 Å². The number of sulfonamides is 1. The first-order valence-electron chi connectivity index (χ1n) is 9.02. The molecule has 0 radical (unpaired) electrons. The van der Waals surface area contributed by atoms with Crippen LogP contribution in [0, 0.1) is 27.7 Å². The molecule has 0 saturated heterocycles. The van der Waals surface area contributed by atoms with E-state index < -0.39 is 10.0 Å². The lowest BCUT2D eigenvalue weighted by Gasteiger charge is -2.09. The van der Waals surface area contributed by atoms with Gasteiger partial charge < -0.3 is 10.3 Å². The molecule has 10 heteroatoms. The van der Waals surface area contributed by atoms with Gasteiger partial charge in [0.15, 0.2) is 0 Å². The Morgan fingerprint density at radius 2 is 1.90 bits per heavy atom. The molecule has 3 N–H and O–H groups in total. The van der Waals surface area contributed by atoms with Crippen LogP contribution in [0.5, 0.6) is 0 Å². The van der Waals surface area contributed by atoms with Crippen molar-refractivity contribution in [3.8, 4) is 11.4 Å². The van der Waals surface area contributed by atoms with Gasteiger partial charge in [0.25, 0.3) is 5.56 Å². The largest absolute Gasteiger partial charge is 0.369 e. The Hall–Kier alpha value is -2.56. The summed E-state index contributed by atoms with van der Waals surface area (Å²) in [5, 5.41) is 3.07. The number of rotatable bonds is 7. The number of aryl methyl sites for hydroxylation is 3. The Kier molecular flexibility index (Phi) is 6.15. The smallest absolute Gasteiger partial charge is 0.254 e. The lowest BCUT2D eigenvalue weighted by atomic mass is 10.2. The second-order valence-corrected chi connectivity index (χ2v) is 9.85. The van der Waals surface area contributed by atoms with Crippen LogP contribution in [-0.2, 0) is 10.0 Å². The second kappa shape index (κ2) is 8.44. The van der Waals surface area contributed by atoms with Gasteiger partial charge in [-0.1, -0.05) is 0 Å². The fourth-order valence-corrected chi connectivity index (χ4v) is 5.33. The molecule has 154 valence electrons. The Bertz CT molecular complexity index is 1180. The molecule has 0 aliphatic heterocycles. The van der Waals surface area contributed by atoms with E-state index in [0.29, 0.717) is 39.9 Å². The van der Waals surface area contributed by atoms with Crippen LogP contribution < -0.4 is 15.6 Å². The highest BCUT2D eigenvalue weighted by Crippen LogP contribution is 2.24. The molecule has 0 saturated carbocycles. The highest BCUT2D eigenvalue weighted by atomic mass is 32.2. The Labute approximate surface area is 173 Å². The lowest BCUT2D eigenvalue weighted by Crippen LogP contribution is -2.29. The van der Waals surface area contributed by atoms with Crippen LogP contribution >= 0.6 is 11.3 Å². The van der Waals surface area contributed by atoms with E-state index in [9.17, 15) is 13.2 Å². The van der Waals surface area contributed by atoms with Gasteiger partial charge >= 0.3 is 0 Å². The molecule has 0 aromatic carbocycles. The number of nitrogens with zero attached hydrogens (tertiary/aromatic N) is 2. The zero-order chi connectivity index (χ0) is 21.2. The molecule has 0 aliphatic rings. The molecule has 0 spiro atoms. The molecule has 0 unspecified atom stereocenters. The molecule has 0 bridgehead atoms. The van der Waals surface area contributed by atoms with E-state index in [1.165, 1.54) is 11.3 Å². The monoisotopic (exact) mass is 433 g/mol. The van der Waals surface area contributed by atoms with Crippen molar-refractivity contribution in [2.75, 3.05) is 18.4 Å². The number of hydrogen-bond donors (Lipinski definition) is 3. The van der Waals surface area contributed by atoms with Crippen LogP contribution in [0.2, 0.25) is 0 Å². The molecular weight excluding hydrogens is 410 g/mol. The van der Waals surface area contributed by atoms with Gasteiger partial charge in [0, 0.05) is 45.9 Å². The SMILES string of the molecule is Cc1cc(S(=O)(=O)NCCNc2ccc(-c3nc(C)c(C)c(=O)[nH]3)cn2)c(C)s1. The van der Waals surface area contributed by atoms with Gasteiger partial charge in [0.2, 0.25) is 10.0 Å². The number of thiophene rings is 1. The summed E-state index contributed by atoms with van der Waals surface area (Å²) in [7, 11) is -3.52. The fourth-order valence-electron chi connectivity index (χ4n) is 2.75. The first kappa shape index (κ1) is 21.2. The summed E-state index contributed by atoms with van der Waals surface area (Å²) < 4.78 is 27.3. The topological polar surface area (TPSA) is 117 Å². The van der Waals surface area contributed by atoms with E-state index in [2.05, 4.69) is 25.0 Å². The molecule has 0 atom stereocenters. The highest BCUT2D eigenvalue weighted by molar-refractivity contribution is 7.89. The van der Waals surface area contributed by atoms with Gasteiger partial charge in [-0.2, -0.15) is 0 Å². The third-order valence-corrected chi connectivity index (χ3v) is 7.12. The number of aromatic nitrogens is 3. The van der Waals surface area contributed by atoms with Gasteiger partial charge in [-0.05, 0) is 45.9 Å². The minimum atomic E-state index is -3.52. The molecule has 0 amide bonds. The third kappa shape index (κ3) is 4.89. The maximum Gasteiger partial charge on any atom is 0.254 e. The number of hydrogen-bond acceptors (Lipinski definition) is 7. The number of aromatic amines is 1. The molecular formula is C19H23N5O3S2. The predicted octanol–water partition coefficient (Wildman–Crippen LogP) is 2.52. The van der Waals surface area contributed by atoms with E-state index in [1.54, 1.807) is 45.2 Å². The number of anilines is 1. The van der Waals surface area contributed by atoms with Crippen molar-refractivity contribution in [3.63, 3.8) is 0 Å². The zero-order valence-electron chi connectivity index (χ0n) is 16.7. The average molecular weight is 434 g/mol. The number of H-pyrrole nitrogens is 1. The molecule has 8 nitrogen and oxygen atoms in total.